The quantitative estimate of drug-likeness (QED) is 0.628. The summed E-state index contributed by atoms with van der Waals surface area (Å²) in [5.74, 6) is 1.46. The molecule has 2 aliphatic carbocycles. The van der Waals surface area contributed by atoms with Gasteiger partial charge in [0.25, 0.3) is 0 Å². The van der Waals surface area contributed by atoms with Gasteiger partial charge in [-0.15, -0.1) is 0 Å². The summed E-state index contributed by atoms with van der Waals surface area (Å²) in [6, 6.07) is 6.94. The summed E-state index contributed by atoms with van der Waals surface area (Å²) < 4.78 is 13.4. The maximum atomic E-state index is 5.71. The van der Waals surface area contributed by atoms with Crippen molar-refractivity contribution in [1.29, 1.82) is 0 Å². The summed E-state index contributed by atoms with van der Waals surface area (Å²) >= 11 is 0. The maximum absolute atomic E-state index is 5.71. The van der Waals surface area contributed by atoms with Crippen LogP contribution in [0, 0.1) is 11.3 Å². The van der Waals surface area contributed by atoms with E-state index in [4.69, 9.17) is 9.47 Å². The van der Waals surface area contributed by atoms with Crippen LogP contribution in [0.25, 0.3) is 5.57 Å². The molecule has 1 saturated carbocycles. The number of rotatable bonds is 3. The summed E-state index contributed by atoms with van der Waals surface area (Å²) in [7, 11) is 3.44. The van der Waals surface area contributed by atoms with Gasteiger partial charge in [-0.3, -0.25) is 0 Å². The fourth-order valence-corrected chi connectivity index (χ4v) is 4.23. The molecule has 3 heteroatoms. The van der Waals surface area contributed by atoms with E-state index < -0.39 is 0 Å². The highest BCUT2D eigenvalue weighted by Crippen LogP contribution is 2.69. The second kappa shape index (κ2) is 4.48. The van der Waals surface area contributed by atoms with Crippen molar-refractivity contribution in [3.63, 3.8) is 0 Å². The minimum absolute atomic E-state index is 0.0559. The Hall–Kier alpha value is -2.03. The molecule has 108 valence electrons. The number of allylic oxidation sites excluding steroid dienone is 5. The number of aromatic nitrogens is 1. The van der Waals surface area contributed by atoms with Crippen LogP contribution in [0.3, 0.4) is 0 Å². The molecule has 1 aromatic heterocycles. The minimum atomic E-state index is 0.0559. The minimum Gasteiger partial charge on any atom is -0.501 e. The summed E-state index contributed by atoms with van der Waals surface area (Å²) in [5, 5.41) is 0. The van der Waals surface area contributed by atoms with Crippen molar-refractivity contribution in [1.82, 2.24) is 0 Å². The molecular weight excluding hydrogens is 262 g/mol. The van der Waals surface area contributed by atoms with E-state index in [9.17, 15) is 0 Å². The fourth-order valence-electron chi connectivity index (χ4n) is 4.23. The highest BCUT2D eigenvalue weighted by Gasteiger charge is 2.72. The standard InChI is InChI=1S/C18H20NO2/c1-20-12-17(21-2)18-11-16(18)19-10-6-5-9-15(19)13-7-3-4-8-14(13)18/h3-7,9-10,12,14,16H,8,11H2,1-2H3/q+1/b17-12-. The monoisotopic (exact) mass is 282 g/mol. The number of methoxy groups -OCH3 is 2. The zero-order valence-corrected chi connectivity index (χ0v) is 12.5. The Bertz CT molecular complexity index is 674. The number of pyridine rings is 1. The molecule has 0 amide bonds. The van der Waals surface area contributed by atoms with E-state index in [2.05, 4.69) is 47.2 Å². The molecule has 3 unspecified atom stereocenters. The highest BCUT2D eigenvalue weighted by molar-refractivity contribution is 5.69. The molecule has 0 aromatic carbocycles. The van der Waals surface area contributed by atoms with Crippen molar-refractivity contribution in [2.24, 2.45) is 11.3 Å². The van der Waals surface area contributed by atoms with Crippen molar-refractivity contribution in [3.8, 4) is 0 Å². The van der Waals surface area contributed by atoms with Crippen molar-refractivity contribution in [2.75, 3.05) is 14.2 Å². The first-order valence-corrected chi connectivity index (χ1v) is 7.47. The molecule has 0 radical (unpaired) electrons. The maximum Gasteiger partial charge on any atom is 0.208 e. The zero-order valence-electron chi connectivity index (χ0n) is 12.5. The highest BCUT2D eigenvalue weighted by atomic mass is 16.5. The number of fused-ring (bicyclic) bond motifs is 6. The van der Waals surface area contributed by atoms with Crippen molar-refractivity contribution >= 4 is 5.57 Å². The fraction of sp³-hybridized carbons (Fsp3) is 0.389. The third kappa shape index (κ3) is 1.57. The van der Waals surface area contributed by atoms with Crippen LogP contribution >= 0.6 is 0 Å². The molecule has 3 atom stereocenters. The van der Waals surface area contributed by atoms with Gasteiger partial charge in [0.15, 0.2) is 12.2 Å². The first-order chi connectivity index (χ1) is 10.3. The Balaban J connectivity index is 1.90. The summed E-state index contributed by atoms with van der Waals surface area (Å²) in [6.45, 7) is 0. The molecule has 2 heterocycles. The topological polar surface area (TPSA) is 22.3 Å². The van der Waals surface area contributed by atoms with Crippen LogP contribution in [0.1, 0.15) is 24.6 Å². The van der Waals surface area contributed by atoms with Gasteiger partial charge < -0.3 is 9.47 Å². The Morgan fingerprint density at radius 2 is 2.29 bits per heavy atom. The molecule has 1 aliphatic heterocycles. The lowest BCUT2D eigenvalue weighted by Gasteiger charge is -2.32. The van der Waals surface area contributed by atoms with Gasteiger partial charge in [-0.05, 0) is 12.5 Å². The Kier molecular flexibility index (Phi) is 2.71. The van der Waals surface area contributed by atoms with Crippen LogP contribution in [0.5, 0.6) is 0 Å². The van der Waals surface area contributed by atoms with E-state index in [1.165, 1.54) is 11.3 Å². The van der Waals surface area contributed by atoms with Gasteiger partial charge >= 0.3 is 0 Å². The molecule has 4 rings (SSSR count). The van der Waals surface area contributed by atoms with E-state index in [0.29, 0.717) is 12.0 Å². The predicted molar refractivity (Wildman–Crippen MR) is 80.0 cm³/mol. The van der Waals surface area contributed by atoms with Crippen molar-refractivity contribution < 1.29 is 14.0 Å². The molecule has 3 nitrogen and oxygen atoms in total. The van der Waals surface area contributed by atoms with Crippen LogP contribution < -0.4 is 4.57 Å². The average molecular weight is 282 g/mol. The lowest BCUT2D eigenvalue weighted by Crippen LogP contribution is -2.46. The third-order valence-corrected chi connectivity index (χ3v) is 5.17. The van der Waals surface area contributed by atoms with E-state index in [0.717, 1.165) is 18.6 Å². The van der Waals surface area contributed by atoms with Gasteiger partial charge in [0.05, 0.1) is 14.2 Å². The molecule has 3 aliphatic rings. The molecule has 21 heavy (non-hydrogen) atoms. The Morgan fingerprint density at radius 1 is 1.38 bits per heavy atom. The molecular formula is C18H20NO2+. The van der Waals surface area contributed by atoms with E-state index in [1.54, 1.807) is 20.5 Å². The van der Waals surface area contributed by atoms with Crippen LogP contribution in [0.15, 0.2) is 54.6 Å². The summed E-state index contributed by atoms with van der Waals surface area (Å²) in [5.41, 5.74) is 2.82. The third-order valence-electron chi connectivity index (χ3n) is 5.17. The largest absolute Gasteiger partial charge is 0.501 e. The Morgan fingerprint density at radius 3 is 3.10 bits per heavy atom. The molecule has 0 bridgehead atoms. The van der Waals surface area contributed by atoms with Crippen LogP contribution in [0.2, 0.25) is 0 Å². The number of hydrogen-bond donors (Lipinski definition) is 0. The van der Waals surface area contributed by atoms with Gasteiger partial charge in [-0.1, -0.05) is 18.2 Å². The van der Waals surface area contributed by atoms with Crippen molar-refractivity contribution in [2.45, 2.75) is 18.9 Å². The lowest BCUT2D eigenvalue weighted by molar-refractivity contribution is -0.711. The van der Waals surface area contributed by atoms with Crippen LogP contribution in [-0.2, 0) is 9.47 Å². The van der Waals surface area contributed by atoms with Crippen LogP contribution in [-0.4, -0.2) is 14.2 Å². The second-order valence-corrected chi connectivity index (χ2v) is 6.01. The number of nitrogens with zero attached hydrogens (tertiary/aromatic N) is 1. The van der Waals surface area contributed by atoms with E-state index in [1.807, 2.05) is 0 Å². The molecule has 0 saturated heterocycles. The molecule has 0 spiro atoms. The first-order valence-electron chi connectivity index (χ1n) is 7.47. The predicted octanol–water partition coefficient (Wildman–Crippen LogP) is 3.01. The van der Waals surface area contributed by atoms with E-state index >= 15 is 0 Å². The van der Waals surface area contributed by atoms with Gasteiger partial charge in [0.2, 0.25) is 5.69 Å². The second-order valence-electron chi connectivity index (χ2n) is 6.01. The number of hydrogen-bond acceptors (Lipinski definition) is 2. The van der Waals surface area contributed by atoms with Gasteiger partial charge in [0.1, 0.15) is 17.4 Å². The summed E-state index contributed by atoms with van der Waals surface area (Å²) in [4.78, 5) is 0. The molecule has 1 fully saturated rings. The van der Waals surface area contributed by atoms with E-state index in [-0.39, 0.29) is 5.41 Å². The average Bonchev–Trinajstić information content (AvgIpc) is 3.30. The first kappa shape index (κ1) is 12.7. The Labute approximate surface area is 125 Å². The smallest absolute Gasteiger partial charge is 0.208 e. The number of ether oxygens (including phenoxy) is 2. The zero-order chi connectivity index (χ0) is 14.4. The van der Waals surface area contributed by atoms with Gasteiger partial charge in [0, 0.05) is 30.0 Å². The lowest BCUT2D eigenvalue weighted by atomic mass is 9.73. The molecule has 0 N–H and O–H groups in total. The SMILES string of the molecule is CO/C=C(\OC)C12CC1[n+]1ccccc1C1=CC=CCC12. The van der Waals surface area contributed by atoms with Gasteiger partial charge in [-0.2, -0.15) is 4.57 Å². The molecule has 1 aromatic rings. The van der Waals surface area contributed by atoms with Crippen molar-refractivity contribution in [3.05, 3.63) is 60.3 Å². The summed E-state index contributed by atoms with van der Waals surface area (Å²) in [6.07, 6.45) is 12.9. The normalized spacial score (nSPS) is 32.5. The van der Waals surface area contributed by atoms with Crippen LogP contribution in [0.4, 0.5) is 0 Å². The van der Waals surface area contributed by atoms with Gasteiger partial charge in [-0.25, -0.2) is 0 Å².